The van der Waals surface area contributed by atoms with Gasteiger partial charge in [-0.05, 0) is 18.9 Å². The van der Waals surface area contributed by atoms with E-state index in [0.29, 0.717) is 13.0 Å². The number of hydrogen-bond acceptors (Lipinski definition) is 3. The van der Waals surface area contributed by atoms with Gasteiger partial charge in [0.05, 0.1) is 6.54 Å². The van der Waals surface area contributed by atoms with E-state index in [0.717, 1.165) is 5.56 Å². The highest BCUT2D eigenvalue weighted by Crippen LogP contribution is 2.02. The Labute approximate surface area is 123 Å². The second-order valence-electron chi connectivity index (χ2n) is 4.80. The largest absolute Gasteiger partial charge is 0.480 e. The van der Waals surface area contributed by atoms with Crippen molar-refractivity contribution in [1.29, 1.82) is 0 Å². The first-order valence-electron chi connectivity index (χ1n) is 6.71. The summed E-state index contributed by atoms with van der Waals surface area (Å²) in [6.45, 7) is 3.04. The number of rotatable bonds is 7. The lowest BCUT2D eigenvalue weighted by atomic mass is 10.1. The third-order valence-electron chi connectivity index (χ3n) is 3.04. The molecular formula is C15H20N2O4. The lowest BCUT2D eigenvalue weighted by Crippen LogP contribution is -2.45. The predicted molar refractivity (Wildman–Crippen MR) is 77.6 cm³/mol. The van der Waals surface area contributed by atoms with Gasteiger partial charge in [-0.3, -0.25) is 14.4 Å². The first-order valence-corrected chi connectivity index (χ1v) is 6.71. The number of aliphatic carboxylic acids is 1. The van der Waals surface area contributed by atoms with Crippen molar-refractivity contribution in [2.75, 3.05) is 13.1 Å². The fraction of sp³-hybridized carbons (Fsp3) is 0.400. The molecular weight excluding hydrogens is 272 g/mol. The van der Waals surface area contributed by atoms with E-state index in [1.54, 1.807) is 0 Å². The molecule has 0 unspecified atom stereocenters. The van der Waals surface area contributed by atoms with Crippen LogP contribution in [0.25, 0.3) is 0 Å². The van der Waals surface area contributed by atoms with Gasteiger partial charge in [0.2, 0.25) is 11.8 Å². The highest BCUT2D eigenvalue weighted by Gasteiger charge is 2.18. The Morgan fingerprint density at radius 1 is 1.24 bits per heavy atom. The summed E-state index contributed by atoms with van der Waals surface area (Å²) in [4.78, 5) is 35.3. The quantitative estimate of drug-likeness (QED) is 0.773. The van der Waals surface area contributed by atoms with Gasteiger partial charge in [-0.25, -0.2) is 0 Å². The van der Waals surface area contributed by atoms with Crippen molar-refractivity contribution in [2.24, 2.45) is 0 Å². The maximum absolute atomic E-state index is 11.7. The predicted octanol–water partition coefficient (Wildman–Crippen LogP) is 0.667. The smallest absolute Gasteiger partial charge is 0.325 e. The molecule has 1 aromatic carbocycles. The number of carbonyl (C=O) groups excluding carboxylic acids is 2. The third-order valence-corrected chi connectivity index (χ3v) is 3.04. The van der Waals surface area contributed by atoms with E-state index in [1.165, 1.54) is 18.7 Å². The average Bonchev–Trinajstić information content (AvgIpc) is 2.44. The normalized spacial score (nSPS) is 11.5. The van der Waals surface area contributed by atoms with Crippen molar-refractivity contribution in [2.45, 2.75) is 26.3 Å². The lowest BCUT2D eigenvalue weighted by Gasteiger charge is -2.21. The summed E-state index contributed by atoms with van der Waals surface area (Å²) in [6.07, 6.45) is 0.641. The zero-order valence-corrected chi connectivity index (χ0v) is 12.2. The molecule has 6 nitrogen and oxygen atoms in total. The number of benzene rings is 1. The zero-order valence-electron chi connectivity index (χ0n) is 12.2. The molecule has 0 radical (unpaired) electrons. The first-order chi connectivity index (χ1) is 9.90. The second-order valence-corrected chi connectivity index (χ2v) is 4.80. The zero-order chi connectivity index (χ0) is 15.8. The molecule has 2 N–H and O–H groups in total. The van der Waals surface area contributed by atoms with Gasteiger partial charge in [0.1, 0.15) is 6.04 Å². The molecule has 0 aliphatic heterocycles. The molecule has 1 rings (SSSR count). The van der Waals surface area contributed by atoms with Crippen LogP contribution in [0.1, 0.15) is 19.4 Å². The number of amides is 2. The van der Waals surface area contributed by atoms with Crippen LogP contribution in [-0.2, 0) is 20.8 Å². The molecule has 0 heterocycles. The summed E-state index contributed by atoms with van der Waals surface area (Å²) < 4.78 is 0. The molecule has 6 heteroatoms. The maximum atomic E-state index is 11.7. The molecule has 1 aromatic rings. The van der Waals surface area contributed by atoms with Gasteiger partial charge in [-0.15, -0.1) is 0 Å². The summed E-state index contributed by atoms with van der Waals surface area (Å²) in [5.74, 6) is -1.81. The molecule has 0 bridgehead atoms. The Kier molecular flexibility index (Phi) is 6.39. The van der Waals surface area contributed by atoms with Crippen molar-refractivity contribution in [1.82, 2.24) is 10.2 Å². The number of nitrogens with one attached hydrogen (secondary N) is 1. The van der Waals surface area contributed by atoms with Crippen LogP contribution in [0.3, 0.4) is 0 Å². The van der Waals surface area contributed by atoms with Crippen LogP contribution in [0, 0.1) is 0 Å². The molecule has 0 aliphatic carbocycles. The standard InChI is InChI=1S/C15H20N2O4/c1-11(15(20)21)16-14(19)10-17(12(2)18)9-8-13-6-4-3-5-7-13/h3-7,11H,8-10H2,1-2H3,(H,16,19)(H,20,21)/t11-/m0/s1. The van der Waals surface area contributed by atoms with Gasteiger partial charge in [0.25, 0.3) is 0 Å². The summed E-state index contributed by atoms with van der Waals surface area (Å²) in [7, 11) is 0. The van der Waals surface area contributed by atoms with E-state index >= 15 is 0 Å². The van der Waals surface area contributed by atoms with E-state index in [1.807, 2.05) is 30.3 Å². The molecule has 0 saturated carbocycles. The molecule has 0 aliphatic rings. The van der Waals surface area contributed by atoms with Crippen LogP contribution in [0.2, 0.25) is 0 Å². The van der Waals surface area contributed by atoms with Gasteiger partial charge < -0.3 is 15.3 Å². The molecule has 2 amide bonds. The van der Waals surface area contributed by atoms with Crippen molar-refractivity contribution >= 4 is 17.8 Å². The Bertz CT molecular complexity index is 502. The van der Waals surface area contributed by atoms with Gasteiger partial charge in [0, 0.05) is 13.5 Å². The summed E-state index contributed by atoms with van der Waals surface area (Å²) in [5.41, 5.74) is 1.07. The van der Waals surface area contributed by atoms with Crippen LogP contribution in [-0.4, -0.2) is 46.9 Å². The van der Waals surface area contributed by atoms with Crippen molar-refractivity contribution in [3.63, 3.8) is 0 Å². The summed E-state index contributed by atoms with van der Waals surface area (Å²) in [6, 6.07) is 8.66. The fourth-order valence-corrected chi connectivity index (χ4v) is 1.78. The van der Waals surface area contributed by atoms with E-state index in [9.17, 15) is 14.4 Å². The Hall–Kier alpha value is -2.37. The Morgan fingerprint density at radius 2 is 1.86 bits per heavy atom. The minimum absolute atomic E-state index is 0.139. The highest BCUT2D eigenvalue weighted by atomic mass is 16.4. The SMILES string of the molecule is CC(=O)N(CCc1ccccc1)CC(=O)N[C@@H](C)C(=O)O. The van der Waals surface area contributed by atoms with E-state index in [4.69, 9.17) is 5.11 Å². The van der Waals surface area contributed by atoms with Crippen LogP contribution >= 0.6 is 0 Å². The number of carboxylic acids is 1. The fourth-order valence-electron chi connectivity index (χ4n) is 1.78. The molecule has 0 spiro atoms. The van der Waals surface area contributed by atoms with Crippen LogP contribution < -0.4 is 5.32 Å². The minimum Gasteiger partial charge on any atom is -0.480 e. The van der Waals surface area contributed by atoms with Crippen molar-refractivity contribution in [3.05, 3.63) is 35.9 Å². The molecule has 1 atom stereocenters. The lowest BCUT2D eigenvalue weighted by molar-refractivity contribution is -0.141. The van der Waals surface area contributed by atoms with E-state index in [2.05, 4.69) is 5.32 Å². The van der Waals surface area contributed by atoms with Crippen LogP contribution in [0.5, 0.6) is 0 Å². The summed E-state index contributed by atoms with van der Waals surface area (Å²) >= 11 is 0. The second kappa shape index (κ2) is 8.04. The number of carbonyl (C=O) groups is 3. The Morgan fingerprint density at radius 3 is 2.38 bits per heavy atom. The highest BCUT2D eigenvalue weighted by molar-refractivity contribution is 5.87. The maximum Gasteiger partial charge on any atom is 0.325 e. The molecule has 21 heavy (non-hydrogen) atoms. The van der Waals surface area contributed by atoms with Crippen LogP contribution in [0.15, 0.2) is 30.3 Å². The number of hydrogen-bond donors (Lipinski definition) is 2. The van der Waals surface area contributed by atoms with Gasteiger partial charge >= 0.3 is 5.97 Å². The van der Waals surface area contributed by atoms with Gasteiger partial charge in [0.15, 0.2) is 0 Å². The minimum atomic E-state index is -1.11. The molecule has 114 valence electrons. The van der Waals surface area contributed by atoms with Crippen molar-refractivity contribution < 1.29 is 19.5 Å². The Balaban J connectivity index is 2.52. The van der Waals surface area contributed by atoms with E-state index < -0.39 is 17.9 Å². The molecule has 0 fully saturated rings. The number of carboxylic acid groups (broad SMARTS) is 1. The molecule has 0 saturated heterocycles. The average molecular weight is 292 g/mol. The first kappa shape index (κ1) is 16.7. The third kappa shape index (κ3) is 6.07. The monoisotopic (exact) mass is 292 g/mol. The van der Waals surface area contributed by atoms with Gasteiger partial charge in [-0.2, -0.15) is 0 Å². The van der Waals surface area contributed by atoms with E-state index in [-0.39, 0.29) is 12.5 Å². The summed E-state index contributed by atoms with van der Waals surface area (Å²) in [5, 5.41) is 11.1. The number of nitrogens with zero attached hydrogens (tertiary/aromatic N) is 1. The van der Waals surface area contributed by atoms with Crippen LogP contribution in [0.4, 0.5) is 0 Å². The van der Waals surface area contributed by atoms with Gasteiger partial charge in [-0.1, -0.05) is 30.3 Å². The topological polar surface area (TPSA) is 86.7 Å². The molecule has 0 aromatic heterocycles. The van der Waals surface area contributed by atoms with Crippen molar-refractivity contribution in [3.8, 4) is 0 Å².